The van der Waals surface area contributed by atoms with Crippen LogP contribution in [-0.4, -0.2) is 28.0 Å². The summed E-state index contributed by atoms with van der Waals surface area (Å²) in [6, 6.07) is 13.4. The van der Waals surface area contributed by atoms with E-state index in [4.69, 9.17) is 27.6 Å². The molecule has 6 nitrogen and oxygen atoms in total. The van der Waals surface area contributed by atoms with Crippen LogP contribution in [0.25, 0.3) is 10.9 Å². The standard InChI is InChI=1S/C21H19Cl2N5O/c1-14-11-20(27-21(23)26-14)28(13-16-3-2-10-29-16)9-8-25-18-6-7-24-19-12-15(22)4-5-17(18)19/h2-7,10-12H,8-9,13H2,1H3,(H,24,25). The molecule has 1 N–H and O–H groups in total. The molecule has 0 fully saturated rings. The quantitative estimate of drug-likeness (QED) is 0.400. The van der Waals surface area contributed by atoms with Crippen molar-refractivity contribution in [2.45, 2.75) is 13.5 Å². The molecule has 0 aliphatic carbocycles. The van der Waals surface area contributed by atoms with Crippen LogP contribution in [-0.2, 0) is 6.54 Å². The molecule has 0 amide bonds. The number of aromatic nitrogens is 3. The number of benzene rings is 1. The van der Waals surface area contributed by atoms with Crippen molar-refractivity contribution in [3.05, 3.63) is 76.7 Å². The fraction of sp³-hybridized carbons (Fsp3) is 0.190. The van der Waals surface area contributed by atoms with Crippen LogP contribution in [0.5, 0.6) is 0 Å². The molecule has 3 heterocycles. The number of pyridine rings is 1. The number of anilines is 2. The molecule has 0 saturated carbocycles. The van der Waals surface area contributed by atoms with Gasteiger partial charge in [0.25, 0.3) is 0 Å². The molecule has 0 radical (unpaired) electrons. The third-order valence-corrected chi connectivity index (χ3v) is 4.87. The van der Waals surface area contributed by atoms with Gasteiger partial charge in [-0.3, -0.25) is 4.98 Å². The molecule has 0 saturated heterocycles. The van der Waals surface area contributed by atoms with Crippen LogP contribution in [0.15, 0.2) is 59.3 Å². The number of nitrogens with zero attached hydrogens (tertiary/aromatic N) is 4. The SMILES string of the molecule is Cc1cc(N(CCNc2ccnc3cc(Cl)ccc23)Cc2ccco2)nc(Cl)n1. The van der Waals surface area contributed by atoms with E-state index >= 15 is 0 Å². The molecule has 4 aromatic rings. The fourth-order valence-corrected chi connectivity index (χ4v) is 3.53. The Morgan fingerprint density at radius 1 is 1.10 bits per heavy atom. The van der Waals surface area contributed by atoms with E-state index in [-0.39, 0.29) is 5.28 Å². The van der Waals surface area contributed by atoms with Crippen LogP contribution in [0.2, 0.25) is 10.3 Å². The van der Waals surface area contributed by atoms with Crippen molar-refractivity contribution in [2.75, 3.05) is 23.3 Å². The Hall–Kier alpha value is -2.83. The molecule has 0 spiro atoms. The lowest BCUT2D eigenvalue weighted by Crippen LogP contribution is -2.29. The van der Waals surface area contributed by atoms with Crippen LogP contribution in [0, 0.1) is 6.92 Å². The van der Waals surface area contributed by atoms with Crippen LogP contribution in [0.3, 0.4) is 0 Å². The predicted molar refractivity (Wildman–Crippen MR) is 117 cm³/mol. The summed E-state index contributed by atoms with van der Waals surface area (Å²) < 4.78 is 5.52. The summed E-state index contributed by atoms with van der Waals surface area (Å²) in [5, 5.41) is 5.41. The first-order valence-electron chi connectivity index (χ1n) is 9.15. The average molecular weight is 428 g/mol. The number of rotatable bonds is 7. The lowest BCUT2D eigenvalue weighted by molar-refractivity contribution is 0.502. The highest BCUT2D eigenvalue weighted by atomic mass is 35.5. The molecule has 0 unspecified atom stereocenters. The number of furan rings is 1. The van der Waals surface area contributed by atoms with E-state index in [1.54, 1.807) is 12.5 Å². The zero-order chi connectivity index (χ0) is 20.2. The molecule has 3 aromatic heterocycles. The zero-order valence-electron chi connectivity index (χ0n) is 15.8. The van der Waals surface area contributed by atoms with Crippen LogP contribution in [0.1, 0.15) is 11.5 Å². The van der Waals surface area contributed by atoms with E-state index in [1.165, 1.54) is 0 Å². The highest BCUT2D eigenvalue weighted by Gasteiger charge is 2.13. The van der Waals surface area contributed by atoms with E-state index in [2.05, 4.69) is 25.2 Å². The summed E-state index contributed by atoms with van der Waals surface area (Å²) in [6.45, 7) is 3.84. The van der Waals surface area contributed by atoms with Gasteiger partial charge >= 0.3 is 0 Å². The Morgan fingerprint density at radius 3 is 2.79 bits per heavy atom. The van der Waals surface area contributed by atoms with Crippen LogP contribution < -0.4 is 10.2 Å². The molecule has 148 valence electrons. The fourth-order valence-electron chi connectivity index (χ4n) is 3.14. The second-order valence-corrected chi connectivity index (χ2v) is 7.36. The maximum Gasteiger partial charge on any atom is 0.224 e. The van der Waals surface area contributed by atoms with Crippen molar-refractivity contribution in [1.29, 1.82) is 0 Å². The molecule has 29 heavy (non-hydrogen) atoms. The van der Waals surface area contributed by atoms with Crippen molar-refractivity contribution in [3.63, 3.8) is 0 Å². The van der Waals surface area contributed by atoms with Gasteiger partial charge in [-0.2, -0.15) is 0 Å². The summed E-state index contributed by atoms with van der Waals surface area (Å²) in [6.07, 6.45) is 3.44. The van der Waals surface area contributed by atoms with E-state index in [0.29, 0.717) is 24.7 Å². The van der Waals surface area contributed by atoms with Gasteiger partial charge in [0.1, 0.15) is 11.6 Å². The molecule has 0 atom stereocenters. The molecular weight excluding hydrogens is 409 g/mol. The summed E-state index contributed by atoms with van der Waals surface area (Å²) in [5.74, 6) is 1.61. The second kappa shape index (κ2) is 8.68. The lowest BCUT2D eigenvalue weighted by atomic mass is 10.2. The van der Waals surface area contributed by atoms with Gasteiger partial charge in [-0.1, -0.05) is 11.6 Å². The van der Waals surface area contributed by atoms with Crippen molar-refractivity contribution >= 4 is 45.6 Å². The minimum atomic E-state index is 0.231. The van der Waals surface area contributed by atoms with Gasteiger partial charge in [0.15, 0.2) is 0 Å². The first kappa shape index (κ1) is 19.5. The molecule has 0 aliphatic heterocycles. The van der Waals surface area contributed by atoms with Gasteiger partial charge in [-0.05, 0) is 54.9 Å². The molecule has 8 heteroatoms. The second-order valence-electron chi connectivity index (χ2n) is 6.58. The molecular formula is C21H19Cl2N5O. The zero-order valence-corrected chi connectivity index (χ0v) is 17.3. The predicted octanol–water partition coefficient (Wildman–Crippen LogP) is 5.35. The Labute approximate surface area is 178 Å². The van der Waals surface area contributed by atoms with Gasteiger partial charge in [0.2, 0.25) is 5.28 Å². The number of fused-ring (bicyclic) bond motifs is 1. The third-order valence-electron chi connectivity index (χ3n) is 4.47. The summed E-state index contributed by atoms with van der Waals surface area (Å²) in [4.78, 5) is 15.0. The number of hydrogen-bond donors (Lipinski definition) is 1. The van der Waals surface area contributed by atoms with E-state index < -0.39 is 0 Å². The summed E-state index contributed by atoms with van der Waals surface area (Å²) in [7, 11) is 0. The van der Waals surface area contributed by atoms with Crippen molar-refractivity contribution in [3.8, 4) is 0 Å². The van der Waals surface area contributed by atoms with E-state index in [1.807, 2.05) is 49.4 Å². The highest BCUT2D eigenvalue weighted by Crippen LogP contribution is 2.24. The van der Waals surface area contributed by atoms with Gasteiger partial charge < -0.3 is 14.6 Å². The number of aryl methyl sites for hydroxylation is 1. The number of nitrogens with one attached hydrogen (secondary N) is 1. The van der Waals surface area contributed by atoms with Crippen molar-refractivity contribution < 1.29 is 4.42 Å². The highest BCUT2D eigenvalue weighted by molar-refractivity contribution is 6.31. The summed E-state index contributed by atoms with van der Waals surface area (Å²) >= 11 is 12.2. The van der Waals surface area contributed by atoms with Gasteiger partial charge in [-0.15, -0.1) is 0 Å². The Kier molecular flexibility index (Phi) is 5.83. The van der Waals surface area contributed by atoms with Gasteiger partial charge in [0.05, 0.1) is 18.3 Å². The number of hydrogen-bond acceptors (Lipinski definition) is 6. The third kappa shape index (κ3) is 4.78. The Morgan fingerprint density at radius 2 is 2.00 bits per heavy atom. The summed E-state index contributed by atoms with van der Waals surface area (Å²) in [5.41, 5.74) is 2.67. The topological polar surface area (TPSA) is 67.1 Å². The average Bonchev–Trinajstić information content (AvgIpc) is 3.19. The largest absolute Gasteiger partial charge is 0.467 e. The van der Waals surface area contributed by atoms with Crippen LogP contribution in [0.4, 0.5) is 11.5 Å². The maximum atomic E-state index is 6.08. The molecule has 1 aromatic carbocycles. The normalized spacial score (nSPS) is 11.0. The minimum Gasteiger partial charge on any atom is -0.467 e. The smallest absolute Gasteiger partial charge is 0.224 e. The monoisotopic (exact) mass is 427 g/mol. The minimum absolute atomic E-state index is 0.231. The molecule has 4 rings (SSSR count). The Bertz CT molecular complexity index is 1100. The van der Waals surface area contributed by atoms with Gasteiger partial charge in [0, 0.05) is 47.1 Å². The first-order valence-corrected chi connectivity index (χ1v) is 9.91. The first-order chi connectivity index (χ1) is 14.1. The lowest BCUT2D eigenvalue weighted by Gasteiger charge is -2.23. The van der Waals surface area contributed by atoms with E-state index in [0.717, 1.165) is 33.9 Å². The molecule has 0 aliphatic rings. The van der Waals surface area contributed by atoms with Crippen molar-refractivity contribution in [1.82, 2.24) is 15.0 Å². The van der Waals surface area contributed by atoms with Crippen molar-refractivity contribution in [2.24, 2.45) is 0 Å². The number of halogens is 2. The van der Waals surface area contributed by atoms with Crippen LogP contribution >= 0.6 is 23.2 Å². The van der Waals surface area contributed by atoms with E-state index in [9.17, 15) is 0 Å². The molecule has 0 bridgehead atoms. The maximum absolute atomic E-state index is 6.08. The van der Waals surface area contributed by atoms with Gasteiger partial charge in [-0.25, -0.2) is 9.97 Å². The Balaban J connectivity index is 1.52.